The first-order valence-corrected chi connectivity index (χ1v) is 11.3. The smallest absolute Gasteiger partial charge is 0.230 e. The van der Waals surface area contributed by atoms with Gasteiger partial charge in [-0.3, -0.25) is 9.36 Å². The number of nitrogens with zero attached hydrogens (tertiary/aromatic N) is 3. The summed E-state index contributed by atoms with van der Waals surface area (Å²) < 4.78 is 13.0. The van der Waals surface area contributed by atoms with Gasteiger partial charge in [0, 0.05) is 12.0 Å². The highest BCUT2D eigenvalue weighted by Gasteiger charge is 2.24. The molecule has 158 valence electrons. The van der Waals surface area contributed by atoms with Crippen molar-refractivity contribution in [3.63, 3.8) is 0 Å². The van der Waals surface area contributed by atoms with Crippen LogP contribution in [-0.2, 0) is 17.8 Å². The largest absolute Gasteiger partial charge is 0.469 e. The van der Waals surface area contributed by atoms with Gasteiger partial charge < -0.3 is 14.2 Å². The summed E-state index contributed by atoms with van der Waals surface area (Å²) in [5.74, 6) is 2.50. The minimum Gasteiger partial charge on any atom is -0.469 e. The van der Waals surface area contributed by atoms with Crippen LogP contribution in [0.25, 0.3) is 11.6 Å². The van der Waals surface area contributed by atoms with E-state index >= 15 is 0 Å². The zero-order valence-electron chi connectivity index (χ0n) is 16.9. The van der Waals surface area contributed by atoms with Crippen molar-refractivity contribution in [2.75, 3.05) is 5.75 Å². The van der Waals surface area contributed by atoms with Crippen LogP contribution in [0.2, 0.25) is 0 Å². The number of carbonyl (C=O) groups excluding carboxylic acids is 1. The summed E-state index contributed by atoms with van der Waals surface area (Å²) in [6, 6.07) is 15.7. The van der Waals surface area contributed by atoms with E-state index in [1.807, 2.05) is 41.0 Å². The molecule has 1 atom stereocenters. The van der Waals surface area contributed by atoms with Gasteiger partial charge in [-0.15, -0.1) is 10.2 Å². The highest BCUT2D eigenvalue weighted by Crippen LogP contribution is 2.31. The summed E-state index contributed by atoms with van der Waals surface area (Å²) in [4.78, 5) is 12.7. The third-order valence-corrected chi connectivity index (χ3v) is 6.33. The van der Waals surface area contributed by atoms with E-state index in [0.717, 1.165) is 36.1 Å². The van der Waals surface area contributed by atoms with E-state index in [1.54, 1.807) is 12.5 Å². The second kappa shape index (κ2) is 8.85. The first kappa shape index (κ1) is 19.7. The number of benzene rings is 1. The van der Waals surface area contributed by atoms with Gasteiger partial charge in [0.05, 0.1) is 30.9 Å². The number of carbonyl (C=O) groups is 1. The first-order chi connectivity index (χ1) is 15.3. The van der Waals surface area contributed by atoms with Crippen LogP contribution in [-0.4, -0.2) is 26.4 Å². The van der Waals surface area contributed by atoms with Crippen LogP contribution in [0.15, 0.2) is 75.0 Å². The monoisotopic (exact) mass is 434 g/mol. The molecule has 0 radical (unpaired) electrons. The Bertz CT molecular complexity index is 1150. The van der Waals surface area contributed by atoms with E-state index in [1.165, 1.54) is 11.8 Å². The van der Waals surface area contributed by atoms with Gasteiger partial charge >= 0.3 is 0 Å². The summed E-state index contributed by atoms with van der Waals surface area (Å²) in [7, 11) is 0. The fraction of sp³-hybridized carbons (Fsp3) is 0.261. The number of aryl methyl sites for hydroxylation is 1. The predicted octanol–water partition coefficient (Wildman–Crippen LogP) is 4.47. The van der Waals surface area contributed by atoms with Crippen molar-refractivity contribution in [3.8, 4) is 11.6 Å². The van der Waals surface area contributed by atoms with Crippen LogP contribution < -0.4 is 5.32 Å². The highest BCUT2D eigenvalue weighted by atomic mass is 32.2. The molecule has 4 aromatic rings. The lowest BCUT2D eigenvalue weighted by atomic mass is 9.93. The molecule has 0 saturated heterocycles. The molecule has 1 unspecified atom stereocenters. The SMILES string of the molecule is O=C(CSc1nnc(-c2ccco2)n1Cc1ccccc1)NC1CCCc2occc21. The third-order valence-electron chi connectivity index (χ3n) is 5.36. The van der Waals surface area contributed by atoms with Crippen molar-refractivity contribution >= 4 is 17.7 Å². The number of aromatic nitrogens is 3. The zero-order chi connectivity index (χ0) is 21.0. The summed E-state index contributed by atoms with van der Waals surface area (Å²) in [6.07, 6.45) is 6.19. The fourth-order valence-electron chi connectivity index (χ4n) is 3.89. The molecule has 5 rings (SSSR count). The number of hydrogen-bond acceptors (Lipinski definition) is 6. The molecular formula is C23H22N4O3S. The molecular weight excluding hydrogens is 412 g/mol. The Morgan fingerprint density at radius 3 is 2.84 bits per heavy atom. The lowest BCUT2D eigenvalue weighted by molar-refractivity contribution is -0.119. The Hall–Kier alpha value is -3.26. The van der Waals surface area contributed by atoms with Gasteiger partial charge in [-0.2, -0.15) is 0 Å². The number of hydrogen-bond donors (Lipinski definition) is 1. The first-order valence-electron chi connectivity index (χ1n) is 10.3. The molecule has 7 nitrogen and oxygen atoms in total. The normalized spacial score (nSPS) is 15.5. The van der Waals surface area contributed by atoms with Crippen molar-refractivity contribution in [1.29, 1.82) is 0 Å². The van der Waals surface area contributed by atoms with E-state index < -0.39 is 0 Å². The van der Waals surface area contributed by atoms with Gasteiger partial charge in [0.2, 0.25) is 11.7 Å². The second-order valence-corrected chi connectivity index (χ2v) is 8.40. The van der Waals surface area contributed by atoms with Crippen molar-refractivity contribution in [3.05, 3.63) is 77.9 Å². The van der Waals surface area contributed by atoms with Gasteiger partial charge in [0.25, 0.3) is 0 Å². The average Bonchev–Trinajstić information content (AvgIpc) is 3.54. The Morgan fingerprint density at radius 2 is 2.00 bits per heavy atom. The standard InChI is InChI=1S/C23H22N4O3S/c28-21(24-18-8-4-9-19-17(18)11-13-30-19)15-31-23-26-25-22(20-10-5-12-29-20)27(23)14-16-6-2-1-3-7-16/h1-3,5-7,10-13,18H,4,8-9,14-15H2,(H,24,28). The van der Waals surface area contributed by atoms with E-state index in [4.69, 9.17) is 8.83 Å². The predicted molar refractivity (Wildman–Crippen MR) is 117 cm³/mol. The molecule has 1 aliphatic rings. The summed E-state index contributed by atoms with van der Waals surface area (Å²) >= 11 is 1.38. The third kappa shape index (κ3) is 4.29. The van der Waals surface area contributed by atoms with Gasteiger partial charge in [-0.05, 0) is 36.6 Å². The van der Waals surface area contributed by atoms with Gasteiger partial charge in [0.15, 0.2) is 10.9 Å². The van der Waals surface area contributed by atoms with Crippen molar-refractivity contribution < 1.29 is 13.6 Å². The Kier molecular flexibility index (Phi) is 5.62. The second-order valence-electron chi connectivity index (χ2n) is 7.46. The molecule has 1 aromatic carbocycles. The van der Waals surface area contributed by atoms with Gasteiger partial charge in [-0.1, -0.05) is 42.1 Å². The minimum atomic E-state index is -0.0298. The number of furan rings is 2. The molecule has 3 heterocycles. The van der Waals surface area contributed by atoms with Crippen molar-refractivity contribution in [1.82, 2.24) is 20.1 Å². The van der Waals surface area contributed by atoms with Crippen LogP contribution >= 0.6 is 11.8 Å². The highest BCUT2D eigenvalue weighted by molar-refractivity contribution is 7.99. The molecule has 3 aromatic heterocycles. The minimum absolute atomic E-state index is 0.0106. The van der Waals surface area contributed by atoms with Crippen molar-refractivity contribution in [2.45, 2.75) is 37.0 Å². The number of fused-ring (bicyclic) bond motifs is 1. The Balaban J connectivity index is 1.31. The molecule has 1 N–H and O–H groups in total. The molecule has 0 bridgehead atoms. The van der Waals surface area contributed by atoms with Gasteiger partial charge in [0.1, 0.15) is 5.76 Å². The van der Waals surface area contributed by atoms with E-state index in [-0.39, 0.29) is 17.7 Å². The molecule has 31 heavy (non-hydrogen) atoms. The molecule has 1 amide bonds. The summed E-state index contributed by atoms with van der Waals surface area (Å²) in [5.41, 5.74) is 2.22. The Labute approximate surface area is 183 Å². The number of rotatable bonds is 7. The maximum Gasteiger partial charge on any atom is 0.230 e. The molecule has 0 saturated carbocycles. The lowest BCUT2D eigenvalue weighted by Gasteiger charge is -2.22. The molecule has 0 fully saturated rings. The van der Waals surface area contributed by atoms with Crippen LogP contribution in [0.4, 0.5) is 0 Å². The van der Waals surface area contributed by atoms with Gasteiger partial charge in [-0.25, -0.2) is 0 Å². The average molecular weight is 435 g/mol. The van der Waals surface area contributed by atoms with Crippen molar-refractivity contribution in [2.24, 2.45) is 0 Å². The maximum atomic E-state index is 12.7. The van der Waals surface area contributed by atoms with E-state index in [9.17, 15) is 4.79 Å². The van der Waals surface area contributed by atoms with Crippen LogP contribution in [0.3, 0.4) is 0 Å². The van der Waals surface area contributed by atoms with E-state index in [0.29, 0.717) is 23.3 Å². The summed E-state index contributed by atoms with van der Waals surface area (Å²) in [5, 5.41) is 12.5. The maximum absolute atomic E-state index is 12.7. The Morgan fingerprint density at radius 1 is 1.10 bits per heavy atom. The van der Waals surface area contributed by atoms with Crippen LogP contribution in [0.1, 0.15) is 35.8 Å². The summed E-state index contributed by atoms with van der Waals surface area (Å²) in [6.45, 7) is 0.592. The van der Waals surface area contributed by atoms with E-state index in [2.05, 4.69) is 27.6 Å². The molecule has 0 spiro atoms. The van der Waals surface area contributed by atoms with Crippen LogP contribution in [0, 0.1) is 0 Å². The lowest BCUT2D eigenvalue weighted by Crippen LogP contribution is -2.31. The number of amides is 1. The number of thioether (sulfide) groups is 1. The quantitative estimate of drug-likeness (QED) is 0.432. The molecule has 8 heteroatoms. The zero-order valence-corrected chi connectivity index (χ0v) is 17.7. The topological polar surface area (TPSA) is 86.1 Å². The molecule has 0 aliphatic heterocycles. The fourth-order valence-corrected chi connectivity index (χ4v) is 4.64. The van der Waals surface area contributed by atoms with Crippen LogP contribution in [0.5, 0.6) is 0 Å². The number of nitrogens with one attached hydrogen (secondary N) is 1. The molecule has 1 aliphatic carbocycles.